The molecule has 0 spiro atoms. The van der Waals surface area contributed by atoms with Crippen LogP contribution in [0.5, 0.6) is 0 Å². The molecule has 2 aromatic carbocycles. The predicted octanol–water partition coefficient (Wildman–Crippen LogP) is 5.42. The standard InChI is InChI=1S/C30H27N3O4S/c34-27(31-21-8-10-22(11-9-21)33-13-15-36-16-14-33)19-37-30(35)28-24-5-1-2-6-26(24)32-29-20(7-12-25(28)29)18-23-4-3-17-38-23/h1-6,8-11,17-18H,7,12-16,19H2,(H,31,34)/b20-18-. The van der Waals surface area contributed by atoms with Crippen molar-refractivity contribution < 1.29 is 19.1 Å². The lowest BCUT2D eigenvalue weighted by atomic mass is 10.0. The number of carbonyl (C=O) groups excluding carboxylic acids is 2. The van der Waals surface area contributed by atoms with E-state index in [1.165, 1.54) is 0 Å². The highest BCUT2D eigenvalue weighted by Gasteiger charge is 2.28. The third kappa shape index (κ3) is 5.05. The Morgan fingerprint density at radius 3 is 2.63 bits per heavy atom. The first-order valence-electron chi connectivity index (χ1n) is 12.7. The number of nitrogens with zero attached hydrogens (tertiary/aromatic N) is 2. The molecule has 6 rings (SSSR count). The Kier molecular flexibility index (Phi) is 6.90. The summed E-state index contributed by atoms with van der Waals surface area (Å²) in [5.74, 6) is -0.888. The lowest BCUT2D eigenvalue weighted by molar-refractivity contribution is -0.119. The molecule has 1 fully saturated rings. The van der Waals surface area contributed by atoms with Gasteiger partial charge in [0.1, 0.15) is 0 Å². The molecule has 4 aromatic rings. The van der Waals surface area contributed by atoms with Gasteiger partial charge < -0.3 is 19.7 Å². The van der Waals surface area contributed by atoms with Crippen LogP contribution in [-0.4, -0.2) is 49.8 Å². The highest BCUT2D eigenvalue weighted by atomic mass is 32.1. The molecule has 38 heavy (non-hydrogen) atoms. The number of morpholine rings is 1. The third-order valence-electron chi connectivity index (χ3n) is 6.87. The van der Waals surface area contributed by atoms with Crippen LogP contribution in [0.15, 0.2) is 66.0 Å². The zero-order valence-corrected chi connectivity index (χ0v) is 21.6. The third-order valence-corrected chi connectivity index (χ3v) is 7.69. The van der Waals surface area contributed by atoms with Crippen molar-refractivity contribution in [3.8, 4) is 0 Å². The van der Waals surface area contributed by atoms with Crippen molar-refractivity contribution in [2.45, 2.75) is 12.8 Å². The van der Waals surface area contributed by atoms with Crippen LogP contribution in [0.1, 0.15) is 32.9 Å². The molecular formula is C30H27N3O4S. The Morgan fingerprint density at radius 1 is 1.03 bits per heavy atom. The van der Waals surface area contributed by atoms with Crippen molar-refractivity contribution in [1.29, 1.82) is 0 Å². The van der Waals surface area contributed by atoms with Crippen LogP contribution < -0.4 is 10.2 Å². The molecule has 0 unspecified atom stereocenters. The van der Waals surface area contributed by atoms with Gasteiger partial charge in [-0.25, -0.2) is 9.78 Å². The molecule has 1 N–H and O–H groups in total. The maximum absolute atomic E-state index is 13.4. The van der Waals surface area contributed by atoms with Gasteiger partial charge in [-0.3, -0.25) is 4.79 Å². The van der Waals surface area contributed by atoms with Gasteiger partial charge in [0.15, 0.2) is 6.61 Å². The smallest absolute Gasteiger partial charge is 0.339 e. The molecule has 2 aliphatic rings. The van der Waals surface area contributed by atoms with Gasteiger partial charge in [-0.15, -0.1) is 11.3 Å². The number of hydrogen-bond donors (Lipinski definition) is 1. The van der Waals surface area contributed by atoms with E-state index in [4.69, 9.17) is 14.5 Å². The molecule has 0 bridgehead atoms. The average molecular weight is 526 g/mol. The Hall–Kier alpha value is -4.01. The largest absolute Gasteiger partial charge is 0.452 e. The predicted molar refractivity (Wildman–Crippen MR) is 151 cm³/mol. The zero-order valence-electron chi connectivity index (χ0n) is 20.8. The monoisotopic (exact) mass is 525 g/mol. The number of aromatic nitrogens is 1. The fraction of sp³-hybridized carbons (Fsp3) is 0.233. The van der Waals surface area contributed by atoms with Crippen molar-refractivity contribution in [2.75, 3.05) is 43.1 Å². The highest BCUT2D eigenvalue weighted by Crippen LogP contribution is 2.38. The maximum atomic E-state index is 13.4. The molecule has 1 amide bonds. The molecule has 2 aromatic heterocycles. The van der Waals surface area contributed by atoms with Gasteiger partial charge in [-0.2, -0.15) is 0 Å². The number of pyridine rings is 1. The summed E-state index contributed by atoms with van der Waals surface area (Å²) >= 11 is 1.67. The van der Waals surface area contributed by atoms with Gasteiger partial charge in [0.25, 0.3) is 5.91 Å². The maximum Gasteiger partial charge on any atom is 0.339 e. The zero-order chi connectivity index (χ0) is 25.9. The number of ether oxygens (including phenoxy) is 2. The molecule has 0 atom stereocenters. The van der Waals surface area contributed by atoms with Crippen LogP contribution in [0.3, 0.4) is 0 Å². The second-order valence-corrected chi connectivity index (χ2v) is 10.3. The first kappa shape index (κ1) is 24.3. The van der Waals surface area contributed by atoms with Crippen LogP contribution in [0.2, 0.25) is 0 Å². The molecule has 192 valence electrons. The second kappa shape index (κ2) is 10.8. The van der Waals surface area contributed by atoms with Gasteiger partial charge in [0, 0.05) is 34.7 Å². The van der Waals surface area contributed by atoms with E-state index in [1.807, 2.05) is 60.0 Å². The summed E-state index contributed by atoms with van der Waals surface area (Å²) in [6.45, 7) is 2.76. The SMILES string of the molecule is O=C(COC(=O)c1c2c(nc3ccccc13)/C(=C\c1cccs1)CC2)Nc1ccc(N2CCOCC2)cc1. The molecule has 0 saturated carbocycles. The van der Waals surface area contributed by atoms with Crippen molar-refractivity contribution >= 4 is 57.1 Å². The first-order chi connectivity index (χ1) is 18.7. The Labute approximate surface area is 224 Å². The summed E-state index contributed by atoms with van der Waals surface area (Å²) in [5.41, 5.74) is 5.82. The number of benzene rings is 2. The van der Waals surface area contributed by atoms with E-state index in [1.54, 1.807) is 11.3 Å². The molecule has 3 heterocycles. The molecule has 1 aliphatic heterocycles. The summed E-state index contributed by atoms with van der Waals surface area (Å²) in [6, 6.07) is 19.3. The van der Waals surface area contributed by atoms with Gasteiger partial charge >= 0.3 is 5.97 Å². The molecule has 7 nitrogen and oxygen atoms in total. The quantitative estimate of drug-likeness (QED) is 0.339. The molecule has 1 saturated heterocycles. The van der Waals surface area contributed by atoms with E-state index in [0.29, 0.717) is 30.9 Å². The fourth-order valence-electron chi connectivity index (χ4n) is 5.03. The van der Waals surface area contributed by atoms with Crippen molar-refractivity contribution in [3.63, 3.8) is 0 Å². The Bertz CT molecular complexity index is 1510. The molecule has 0 radical (unpaired) electrons. The van der Waals surface area contributed by atoms with E-state index in [0.717, 1.165) is 57.8 Å². The van der Waals surface area contributed by atoms with Crippen molar-refractivity contribution in [1.82, 2.24) is 4.98 Å². The van der Waals surface area contributed by atoms with Gasteiger partial charge in [0.2, 0.25) is 0 Å². The summed E-state index contributed by atoms with van der Waals surface area (Å²) in [4.78, 5) is 34.3. The first-order valence-corrected chi connectivity index (χ1v) is 13.6. The number of esters is 1. The normalized spacial score (nSPS) is 16.0. The van der Waals surface area contributed by atoms with Gasteiger partial charge in [-0.1, -0.05) is 24.3 Å². The molecule has 8 heteroatoms. The van der Waals surface area contributed by atoms with E-state index < -0.39 is 5.97 Å². The minimum Gasteiger partial charge on any atom is -0.452 e. The summed E-state index contributed by atoms with van der Waals surface area (Å²) in [7, 11) is 0. The second-order valence-electron chi connectivity index (χ2n) is 9.29. The van der Waals surface area contributed by atoms with Crippen LogP contribution >= 0.6 is 11.3 Å². The number of nitrogens with one attached hydrogen (secondary N) is 1. The minimum absolute atomic E-state index is 0.368. The number of rotatable bonds is 6. The minimum atomic E-state index is -0.505. The van der Waals surface area contributed by atoms with Crippen LogP contribution in [0, 0.1) is 0 Å². The lowest BCUT2D eigenvalue weighted by Crippen LogP contribution is -2.36. The number of anilines is 2. The van der Waals surface area contributed by atoms with E-state index in [9.17, 15) is 9.59 Å². The van der Waals surface area contributed by atoms with Crippen LogP contribution in [0.4, 0.5) is 11.4 Å². The molecule has 1 aliphatic carbocycles. The number of thiophene rings is 1. The number of para-hydroxylation sites is 1. The van der Waals surface area contributed by atoms with E-state index in [-0.39, 0.29) is 12.5 Å². The summed E-state index contributed by atoms with van der Waals surface area (Å²) in [5, 5.41) is 5.61. The van der Waals surface area contributed by atoms with Crippen LogP contribution in [-0.2, 0) is 20.7 Å². The van der Waals surface area contributed by atoms with E-state index in [2.05, 4.69) is 22.4 Å². The highest BCUT2D eigenvalue weighted by molar-refractivity contribution is 7.10. The van der Waals surface area contributed by atoms with Gasteiger partial charge in [-0.05, 0) is 71.8 Å². The summed E-state index contributed by atoms with van der Waals surface area (Å²) in [6.07, 6.45) is 3.65. The molecular weight excluding hydrogens is 498 g/mol. The number of hydrogen-bond acceptors (Lipinski definition) is 7. The topological polar surface area (TPSA) is 80.8 Å². The lowest BCUT2D eigenvalue weighted by Gasteiger charge is -2.28. The number of fused-ring (bicyclic) bond motifs is 2. The van der Waals surface area contributed by atoms with Crippen molar-refractivity contribution in [2.24, 2.45) is 0 Å². The Balaban J connectivity index is 1.17. The number of allylic oxidation sites excluding steroid dienone is 1. The van der Waals surface area contributed by atoms with Crippen LogP contribution in [0.25, 0.3) is 22.6 Å². The van der Waals surface area contributed by atoms with E-state index >= 15 is 0 Å². The Morgan fingerprint density at radius 2 is 1.84 bits per heavy atom. The summed E-state index contributed by atoms with van der Waals surface area (Å²) < 4.78 is 10.9. The average Bonchev–Trinajstić information content (AvgIpc) is 3.62. The van der Waals surface area contributed by atoms with Crippen molar-refractivity contribution in [3.05, 3.63) is 87.7 Å². The number of carbonyl (C=O) groups is 2. The number of amides is 1. The fourth-order valence-corrected chi connectivity index (χ4v) is 5.72. The van der Waals surface area contributed by atoms with Gasteiger partial charge in [0.05, 0.1) is 30.0 Å².